The van der Waals surface area contributed by atoms with Gasteiger partial charge in [-0.1, -0.05) is 0 Å². The lowest BCUT2D eigenvalue weighted by Crippen LogP contribution is -2.03. The van der Waals surface area contributed by atoms with Crippen LogP contribution in [0, 0.1) is 6.92 Å². The Morgan fingerprint density at radius 3 is 2.76 bits per heavy atom. The second kappa shape index (κ2) is 5.38. The van der Waals surface area contributed by atoms with Gasteiger partial charge in [0, 0.05) is 23.2 Å². The highest BCUT2D eigenvalue weighted by molar-refractivity contribution is 7.15. The molecule has 0 radical (unpaired) electrons. The number of hydrogen-bond acceptors (Lipinski definition) is 5. The standard InChI is InChI=1S/C15H17N3O2S/c1-9-8-21-15-17-14(12(7-16)18(9)15)11-6-10(19-2)4-5-13(11)20-3/h4-6,8H,7,16H2,1-3H3. The molecule has 6 heteroatoms. The Hall–Kier alpha value is -2.05. The van der Waals surface area contributed by atoms with Crippen LogP contribution >= 0.6 is 11.3 Å². The molecule has 2 N–H and O–H groups in total. The first-order chi connectivity index (χ1) is 10.2. The average molecular weight is 303 g/mol. The molecule has 5 nitrogen and oxygen atoms in total. The molecular weight excluding hydrogens is 286 g/mol. The van der Waals surface area contributed by atoms with Crippen molar-refractivity contribution >= 4 is 16.3 Å². The molecule has 0 saturated carbocycles. The Bertz CT molecular complexity index is 792. The molecule has 3 aromatic rings. The molecule has 3 rings (SSSR count). The number of thiazole rings is 1. The molecule has 2 aromatic heterocycles. The molecule has 0 amide bonds. The number of rotatable bonds is 4. The number of aryl methyl sites for hydroxylation is 1. The van der Waals surface area contributed by atoms with Crippen molar-refractivity contribution in [3.8, 4) is 22.8 Å². The first-order valence-corrected chi connectivity index (χ1v) is 7.45. The fraction of sp³-hybridized carbons (Fsp3) is 0.267. The Kier molecular flexibility index (Phi) is 3.57. The van der Waals surface area contributed by atoms with E-state index in [1.54, 1.807) is 25.6 Å². The molecule has 0 aliphatic rings. The molecule has 2 heterocycles. The van der Waals surface area contributed by atoms with Crippen molar-refractivity contribution in [3.63, 3.8) is 0 Å². The number of aromatic nitrogens is 2. The smallest absolute Gasteiger partial charge is 0.194 e. The van der Waals surface area contributed by atoms with E-state index < -0.39 is 0 Å². The van der Waals surface area contributed by atoms with Gasteiger partial charge in [-0.3, -0.25) is 4.40 Å². The predicted molar refractivity (Wildman–Crippen MR) is 84.2 cm³/mol. The summed E-state index contributed by atoms with van der Waals surface area (Å²) < 4.78 is 12.9. The lowest BCUT2D eigenvalue weighted by Gasteiger charge is -2.10. The van der Waals surface area contributed by atoms with Gasteiger partial charge in [0.05, 0.1) is 25.6 Å². The van der Waals surface area contributed by atoms with Crippen molar-refractivity contribution in [2.45, 2.75) is 13.5 Å². The maximum absolute atomic E-state index is 5.96. The van der Waals surface area contributed by atoms with Crippen LogP contribution < -0.4 is 15.2 Å². The highest BCUT2D eigenvalue weighted by atomic mass is 32.1. The van der Waals surface area contributed by atoms with Crippen LogP contribution in [0.2, 0.25) is 0 Å². The molecule has 110 valence electrons. The van der Waals surface area contributed by atoms with E-state index in [-0.39, 0.29) is 0 Å². The largest absolute Gasteiger partial charge is 0.497 e. The normalized spacial score (nSPS) is 11.0. The van der Waals surface area contributed by atoms with Crippen LogP contribution in [-0.2, 0) is 6.54 Å². The van der Waals surface area contributed by atoms with Crippen LogP contribution in [0.3, 0.4) is 0 Å². The number of methoxy groups -OCH3 is 2. The number of hydrogen-bond donors (Lipinski definition) is 1. The minimum absolute atomic E-state index is 0.411. The van der Waals surface area contributed by atoms with E-state index in [1.807, 2.05) is 18.2 Å². The summed E-state index contributed by atoms with van der Waals surface area (Å²) in [5, 5.41) is 2.08. The van der Waals surface area contributed by atoms with E-state index in [0.717, 1.165) is 39.1 Å². The number of nitrogens with two attached hydrogens (primary N) is 1. The fourth-order valence-electron chi connectivity index (χ4n) is 2.47. The van der Waals surface area contributed by atoms with Crippen molar-refractivity contribution in [2.75, 3.05) is 14.2 Å². The van der Waals surface area contributed by atoms with Crippen LogP contribution in [0.15, 0.2) is 23.6 Å². The Balaban J connectivity index is 2.29. The van der Waals surface area contributed by atoms with Gasteiger partial charge in [-0.05, 0) is 25.1 Å². The summed E-state index contributed by atoms with van der Waals surface area (Å²) in [5.74, 6) is 1.52. The van der Waals surface area contributed by atoms with Gasteiger partial charge in [-0.15, -0.1) is 11.3 Å². The summed E-state index contributed by atoms with van der Waals surface area (Å²) in [7, 11) is 3.29. The second-order valence-corrected chi connectivity index (χ2v) is 5.51. The van der Waals surface area contributed by atoms with E-state index in [2.05, 4.69) is 16.7 Å². The highest BCUT2D eigenvalue weighted by Gasteiger charge is 2.19. The summed E-state index contributed by atoms with van der Waals surface area (Å²) in [6.07, 6.45) is 0. The molecule has 0 aliphatic carbocycles. The summed E-state index contributed by atoms with van der Waals surface area (Å²) >= 11 is 1.61. The van der Waals surface area contributed by atoms with E-state index in [0.29, 0.717) is 6.54 Å². The maximum Gasteiger partial charge on any atom is 0.194 e. The zero-order chi connectivity index (χ0) is 15.0. The van der Waals surface area contributed by atoms with Gasteiger partial charge < -0.3 is 15.2 Å². The number of fused-ring (bicyclic) bond motifs is 1. The third-order valence-electron chi connectivity index (χ3n) is 3.48. The average Bonchev–Trinajstić information content (AvgIpc) is 3.06. The molecule has 0 saturated heterocycles. The van der Waals surface area contributed by atoms with Crippen LogP contribution in [0.4, 0.5) is 0 Å². The summed E-state index contributed by atoms with van der Waals surface area (Å²) in [5.41, 5.74) is 9.82. The molecule has 0 unspecified atom stereocenters. The number of nitrogens with zero attached hydrogens (tertiary/aromatic N) is 2. The first-order valence-electron chi connectivity index (χ1n) is 6.57. The van der Waals surface area contributed by atoms with Crippen molar-refractivity contribution in [1.82, 2.24) is 9.38 Å². The molecule has 0 bridgehead atoms. The van der Waals surface area contributed by atoms with Crippen LogP contribution in [0.1, 0.15) is 11.4 Å². The lowest BCUT2D eigenvalue weighted by molar-refractivity contribution is 0.404. The maximum atomic E-state index is 5.96. The molecule has 0 fully saturated rings. The minimum atomic E-state index is 0.411. The van der Waals surface area contributed by atoms with Gasteiger partial charge in [0.15, 0.2) is 4.96 Å². The van der Waals surface area contributed by atoms with E-state index >= 15 is 0 Å². The van der Waals surface area contributed by atoms with E-state index in [1.165, 1.54) is 0 Å². The molecule has 0 spiro atoms. The van der Waals surface area contributed by atoms with Gasteiger partial charge in [0.2, 0.25) is 0 Å². The topological polar surface area (TPSA) is 61.8 Å². The summed E-state index contributed by atoms with van der Waals surface area (Å²) in [6, 6.07) is 5.68. The van der Waals surface area contributed by atoms with Gasteiger partial charge >= 0.3 is 0 Å². The van der Waals surface area contributed by atoms with Crippen LogP contribution in [0.25, 0.3) is 16.2 Å². The van der Waals surface area contributed by atoms with E-state index in [4.69, 9.17) is 20.2 Å². The summed E-state index contributed by atoms with van der Waals surface area (Å²) in [4.78, 5) is 5.66. The van der Waals surface area contributed by atoms with Crippen molar-refractivity contribution < 1.29 is 9.47 Å². The second-order valence-electron chi connectivity index (χ2n) is 4.67. The van der Waals surface area contributed by atoms with Gasteiger partial charge in [0.25, 0.3) is 0 Å². The Morgan fingerprint density at radius 1 is 1.29 bits per heavy atom. The van der Waals surface area contributed by atoms with Crippen molar-refractivity contribution in [1.29, 1.82) is 0 Å². The Labute approximate surface area is 126 Å². The van der Waals surface area contributed by atoms with Crippen LogP contribution in [-0.4, -0.2) is 23.6 Å². The number of ether oxygens (including phenoxy) is 2. The zero-order valence-electron chi connectivity index (χ0n) is 12.2. The number of benzene rings is 1. The Morgan fingerprint density at radius 2 is 2.10 bits per heavy atom. The lowest BCUT2D eigenvalue weighted by atomic mass is 10.1. The molecule has 1 aromatic carbocycles. The molecule has 0 atom stereocenters. The third-order valence-corrected chi connectivity index (χ3v) is 4.43. The summed E-state index contributed by atoms with van der Waals surface area (Å²) in [6.45, 7) is 2.46. The molecule has 21 heavy (non-hydrogen) atoms. The monoisotopic (exact) mass is 303 g/mol. The quantitative estimate of drug-likeness (QED) is 0.805. The van der Waals surface area contributed by atoms with Gasteiger partial charge in [-0.2, -0.15) is 0 Å². The fourth-order valence-corrected chi connectivity index (χ4v) is 3.35. The number of imidazole rings is 1. The zero-order valence-corrected chi connectivity index (χ0v) is 13.0. The van der Waals surface area contributed by atoms with Gasteiger partial charge in [-0.25, -0.2) is 4.98 Å². The minimum Gasteiger partial charge on any atom is -0.497 e. The third kappa shape index (κ3) is 2.16. The first kappa shape index (κ1) is 13.9. The predicted octanol–water partition coefficient (Wildman–Crippen LogP) is 2.85. The van der Waals surface area contributed by atoms with Crippen molar-refractivity contribution in [2.24, 2.45) is 5.73 Å². The van der Waals surface area contributed by atoms with Crippen LogP contribution in [0.5, 0.6) is 11.5 Å². The molecule has 0 aliphatic heterocycles. The highest BCUT2D eigenvalue weighted by Crippen LogP contribution is 2.36. The SMILES string of the molecule is COc1ccc(OC)c(-c2nc3scc(C)n3c2CN)c1. The van der Waals surface area contributed by atoms with Crippen molar-refractivity contribution in [3.05, 3.63) is 35.0 Å². The van der Waals surface area contributed by atoms with Gasteiger partial charge in [0.1, 0.15) is 11.5 Å². The van der Waals surface area contributed by atoms with E-state index in [9.17, 15) is 0 Å². The molecular formula is C15H17N3O2S.